The molecule has 2 N–H and O–H groups in total. The van der Waals surface area contributed by atoms with Crippen molar-refractivity contribution < 1.29 is 1.43 Å². The Bertz CT molecular complexity index is 116. The largest absolute Gasteiger partial charge is 0.402 e. The molecule has 0 aromatic carbocycles. The smallest absolute Gasteiger partial charge is 0.00834 e. The molecule has 0 aromatic heterocycles. The van der Waals surface area contributed by atoms with Gasteiger partial charge in [0.2, 0.25) is 0 Å². The molecule has 0 aliphatic heterocycles. The predicted molar refractivity (Wildman–Crippen MR) is 32.8 cm³/mol. The first-order valence-corrected chi connectivity index (χ1v) is 2.51. The maximum Gasteiger partial charge on any atom is 0.00834 e. The Hall–Kier alpha value is -0.720. The fraction of sp³-hybridized carbons (Fsp3) is 0.333. The zero-order valence-corrected chi connectivity index (χ0v) is 4.22. The van der Waals surface area contributed by atoms with Crippen molar-refractivity contribution in [1.82, 2.24) is 0 Å². The monoisotopic (exact) mass is 97.1 g/mol. The lowest BCUT2D eigenvalue weighted by atomic mass is 10.1. The van der Waals surface area contributed by atoms with Crippen molar-refractivity contribution in [2.75, 3.05) is 0 Å². The summed E-state index contributed by atoms with van der Waals surface area (Å²) in [5.41, 5.74) is 6.45. The van der Waals surface area contributed by atoms with Gasteiger partial charge in [0.15, 0.2) is 0 Å². The molecule has 0 radical (unpaired) electrons. The number of hydrogen-bond acceptors (Lipinski definition) is 1. The van der Waals surface area contributed by atoms with E-state index in [4.69, 9.17) is 5.73 Å². The van der Waals surface area contributed by atoms with E-state index in [0.717, 1.165) is 18.5 Å². The van der Waals surface area contributed by atoms with E-state index in [0.29, 0.717) is 0 Å². The highest BCUT2D eigenvalue weighted by Gasteiger charge is 1.89. The molecule has 1 aliphatic carbocycles. The van der Waals surface area contributed by atoms with Crippen LogP contribution in [-0.2, 0) is 0 Å². The quantitative estimate of drug-likeness (QED) is 0.486. The summed E-state index contributed by atoms with van der Waals surface area (Å²) in [7, 11) is 0. The molecular weight excluding hydrogens is 86.1 g/mol. The van der Waals surface area contributed by atoms with Crippen molar-refractivity contribution >= 4 is 0 Å². The van der Waals surface area contributed by atoms with Crippen LogP contribution in [0.15, 0.2) is 23.9 Å². The second kappa shape index (κ2) is 1.82. The Labute approximate surface area is 45.0 Å². The number of allylic oxidation sites excluding steroid dienone is 4. The van der Waals surface area contributed by atoms with E-state index in [1.165, 1.54) is 0 Å². The lowest BCUT2D eigenvalue weighted by molar-refractivity contribution is 0.944. The topological polar surface area (TPSA) is 26.0 Å². The summed E-state index contributed by atoms with van der Waals surface area (Å²) in [4.78, 5) is 0. The van der Waals surface area contributed by atoms with Gasteiger partial charge in [0.05, 0.1) is 0 Å². The number of hydrogen-bond donors (Lipinski definition) is 1. The highest BCUT2D eigenvalue weighted by molar-refractivity contribution is 5.14. The number of rotatable bonds is 0. The molecule has 1 rings (SSSR count). The van der Waals surface area contributed by atoms with Crippen LogP contribution in [-0.4, -0.2) is 0 Å². The fourth-order valence-electron chi connectivity index (χ4n) is 0.621. The first-order valence-electron chi connectivity index (χ1n) is 2.51. The maximum atomic E-state index is 5.44. The van der Waals surface area contributed by atoms with Crippen LogP contribution in [0.5, 0.6) is 0 Å². The van der Waals surface area contributed by atoms with Gasteiger partial charge in [-0.15, -0.1) is 0 Å². The van der Waals surface area contributed by atoms with Gasteiger partial charge in [-0.05, 0) is 18.9 Å². The second-order valence-corrected chi connectivity index (χ2v) is 1.71. The lowest BCUT2D eigenvalue weighted by Gasteiger charge is -1.99. The zero-order chi connectivity index (χ0) is 5.11. The van der Waals surface area contributed by atoms with Crippen molar-refractivity contribution in [2.24, 2.45) is 5.73 Å². The molecule has 0 unspecified atom stereocenters. The summed E-state index contributed by atoms with van der Waals surface area (Å²) in [5.74, 6) is 0. The van der Waals surface area contributed by atoms with E-state index in [2.05, 4.69) is 6.08 Å². The summed E-state index contributed by atoms with van der Waals surface area (Å²) in [5, 5.41) is 0. The van der Waals surface area contributed by atoms with E-state index < -0.39 is 0 Å². The van der Waals surface area contributed by atoms with Crippen molar-refractivity contribution in [3.05, 3.63) is 23.9 Å². The van der Waals surface area contributed by atoms with Crippen LogP contribution in [0.25, 0.3) is 0 Å². The highest BCUT2D eigenvalue weighted by Crippen LogP contribution is 2.04. The first-order chi connectivity index (χ1) is 3.39. The van der Waals surface area contributed by atoms with Gasteiger partial charge in [0.1, 0.15) is 0 Å². The van der Waals surface area contributed by atoms with E-state index in [1.54, 1.807) is 0 Å². The van der Waals surface area contributed by atoms with Gasteiger partial charge in [-0.25, -0.2) is 0 Å². The predicted octanol–water partition coefficient (Wildman–Crippen LogP) is 1.43. The van der Waals surface area contributed by atoms with Crippen LogP contribution in [0.3, 0.4) is 0 Å². The average molecular weight is 97.2 g/mol. The fourth-order valence-corrected chi connectivity index (χ4v) is 0.621. The van der Waals surface area contributed by atoms with Gasteiger partial charge in [-0.3, -0.25) is 0 Å². The summed E-state index contributed by atoms with van der Waals surface area (Å²) in [6, 6.07) is 0. The Morgan fingerprint density at radius 2 is 2.57 bits per heavy atom. The van der Waals surface area contributed by atoms with Crippen LogP contribution in [0.2, 0.25) is 0 Å². The normalized spacial score (nSPS) is 19.1. The van der Waals surface area contributed by atoms with Gasteiger partial charge in [-0.2, -0.15) is 0 Å². The molecule has 0 heterocycles. The Kier molecular flexibility index (Phi) is 1.16. The van der Waals surface area contributed by atoms with Crippen LogP contribution in [0, 0.1) is 0 Å². The molecule has 0 aromatic rings. The molecule has 0 saturated carbocycles. The molecule has 7 heavy (non-hydrogen) atoms. The molecule has 40 valence electrons. The van der Waals surface area contributed by atoms with Gasteiger partial charge in [-0.1, -0.05) is 12.2 Å². The van der Waals surface area contributed by atoms with Gasteiger partial charge >= 0.3 is 0 Å². The third-order valence-electron chi connectivity index (χ3n) is 1.05. The zero-order valence-electron chi connectivity index (χ0n) is 4.22. The summed E-state index contributed by atoms with van der Waals surface area (Å²) < 4.78 is 0. The summed E-state index contributed by atoms with van der Waals surface area (Å²) in [6.07, 6.45) is 8.22. The lowest BCUT2D eigenvalue weighted by Crippen LogP contribution is -1.97. The van der Waals surface area contributed by atoms with Crippen molar-refractivity contribution in [3.8, 4) is 0 Å². The van der Waals surface area contributed by atoms with Crippen LogP contribution < -0.4 is 5.73 Å². The summed E-state index contributed by atoms with van der Waals surface area (Å²) >= 11 is 0. The highest BCUT2D eigenvalue weighted by atomic mass is 14.6. The molecular formula is C6H11N. The Morgan fingerprint density at radius 3 is 2.86 bits per heavy atom. The third-order valence-corrected chi connectivity index (χ3v) is 1.05. The minimum absolute atomic E-state index is 0. The van der Waals surface area contributed by atoms with Crippen molar-refractivity contribution in [2.45, 2.75) is 12.8 Å². The molecule has 0 atom stereocenters. The standard InChI is InChI=1S/C6H9N.H2/c7-6-4-2-1-3-5-6;/h1-2,4H,3,5,7H2;1H. The molecule has 0 fully saturated rings. The second-order valence-electron chi connectivity index (χ2n) is 1.71. The van der Waals surface area contributed by atoms with Crippen LogP contribution in [0.1, 0.15) is 14.3 Å². The third kappa shape index (κ3) is 1.07. The van der Waals surface area contributed by atoms with E-state index in [9.17, 15) is 0 Å². The molecule has 0 saturated heterocycles. The molecule has 1 aliphatic rings. The Balaban J connectivity index is 0.000000490. The van der Waals surface area contributed by atoms with E-state index >= 15 is 0 Å². The minimum atomic E-state index is 0. The van der Waals surface area contributed by atoms with Crippen LogP contribution in [0.4, 0.5) is 0 Å². The molecule has 0 spiro atoms. The molecule has 1 nitrogen and oxygen atoms in total. The maximum absolute atomic E-state index is 5.44. The van der Waals surface area contributed by atoms with Crippen LogP contribution >= 0.6 is 0 Å². The molecule has 0 bridgehead atoms. The minimum Gasteiger partial charge on any atom is -0.402 e. The van der Waals surface area contributed by atoms with Gasteiger partial charge in [0, 0.05) is 7.12 Å². The first kappa shape index (κ1) is 4.44. The van der Waals surface area contributed by atoms with Gasteiger partial charge in [0.25, 0.3) is 0 Å². The van der Waals surface area contributed by atoms with E-state index in [1.807, 2.05) is 12.2 Å². The SMILES string of the molecule is NC1=CC=CCC1.[HH]. The van der Waals surface area contributed by atoms with E-state index in [-0.39, 0.29) is 1.43 Å². The number of nitrogens with two attached hydrogens (primary N) is 1. The van der Waals surface area contributed by atoms with Gasteiger partial charge < -0.3 is 5.73 Å². The molecule has 0 amide bonds. The van der Waals surface area contributed by atoms with Crippen molar-refractivity contribution in [3.63, 3.8) is 0 Å². The average Bonchev–Trinajstić information content (AvgIpc) is 1.69. The Morgan fingerprint density at radius 1 is 1.71 bits per heavy atom. The van der Waals surface area contributed by atoms with Crippen molar-refractivity contribution in [1.29, 1.82) is 0 Å². The molecule has 1 heteroatoms. The summed E-state index contributed by atoms with van der Waals surface area (Å²) in [6.45, 7) is 0.